The van der Waals surface area contributed by atoms with Gasteiger partial charge in [-0.15, -0.1) is 0 Å². The van der Waals surface area contributed by atoms with Gasteiger partial charge in [-0.2, -0.15) is 10.4 Å². The number of nitriles is 1. The number of anilines is 2. The highest BCUT2D eigenvalue weighted by atomic mass is 15.4. The Morgan fingerprint density at radius 2 is 2.22 bits per heavy atom. The molecule has 1 saturated carbocycles. The first kappa shape index (κ1) is 12.7. The topological polar surface area (TPSA) is 70.9 Å². The smallest absolute Gasteiger partial charge is 0.151 e. The van der Waals surface area contributed by atoms with Gasteiger partial charge in [0.1, 0.15) is 0 Å². The SMILES string of the molecule is Cc1nn(C(C)C)c(N(CCC#N)C2CC2)c1N. The largest absolute Gasteiger partial charge is 0.394 e. The van der Waals surface area contributed by atoms with Gasteiger partial charge in [0.05, 0.1) is 23.9 Å². The second kappa shape index (κ2) is 4.89. The van der Waals surface area contributed by atoms with E-state index < -0.39 is 0 Å². The first-order valence-corrected chi connectivity index (χ1v) is 6.54. The molecule has 1 aliphatic carbocycles. The zero-order chi connectivity index (χ0) is 13.3. The van der Waals surface area contributed by atoms with E-state index in [4.69, 9.17) is 11.0 Å². The molecule has 2 N–H and O–H groups in total. The van der Waals surface area contributed by atoms with Crippen LogP contribution in [0.25, 0.3) is 0 Å². The van der Waals surface area contributed by atoms with Gasteiger partial charge in [0, 0.05) is 18.6 Å². The van der Waals surface area contributed by atoms with E-state index in [2.05, 4.69) is 29.9 Å². The molecular formula is C13H21N5. The van der Waals surface area contributed by atoms with Crippen molar-refractivity contribution in [3.63, 3.8) is 0 Å². The molecule has 1 fully saturated rings. The van der Waals surface area contributed by atoms with E-state index >= 15 is 0 Å². The highest BCUT2D eigenvalue weighted by molar-refractivity contribution is 5.67. The molecule has 18 heavy (non-hydrogen) atoms. The maximum absolute atomic E-state index is 8.79. The van der Waals surface area contributed by atoms with Gasteiger partial charge >= 0.3 is 0 Å². The third-order valence-corrected chi connectivity index (χ3v) is 3.32. The van der Waals surface area contributed by atoms with Crippen LogP contribution >= 0.6 is 0 Å². The van der Waals surface area contributed by atoms with Crippen molar-refractivity contribution in [2.75, 3.05) is 17.2 Å². The minimum Gasteiger partial charge on any atom is -0.394 e. The Hall–Kier alpha value is -1.70. The fraction of sp³-hybridized carbons (Fsp3) is 0.692. The molecule has 1 aromatic rings. The van der Waals surface area contributed by atoms with Gasteiger partial charge in [-0.05, 0) is 33.6 Å². The van der Waals surface area contributed by atoms with Gasteiger partial charge in [0.15, 0.2) is 5.82 Å². The summed E-state index contributed by atoms with van der Waals surface area (Å²) >= 11 is 0. The Morgan fingerprint density at radius 3 is 2.72 bits per heavy atom. The fourth-order valence-electron chi connectivity index (χ4n) is 2.21. The van der Waals surface area contributed by atoms with E-state index in [1.54, 1.807) is 0 Å². The molecule has 0 aromatic carbocycles. The van der Waals surface area contributed by atoms with Crippen molar-refractivity contribution in [1.82, 2.24) is 9.78 Å². The number of rotatable bonds is 5. The first-order valence-electron chi connectivity index (χ1n) is 6.54. The van der Waals surface area contributed by atoms with E-state index in [0.29, 0.717) is 12.5 Å². The van der Waals surface area contributed by atoms with Crippen LogP contribution < -0.4 is 10.6 Å². The number of aryl methyl sites for hydroxylation is 1. The Labute approximate surface area is 108 Å². The van der Waals surface area contributed by atoms with Crippen LogP contribution in [0.2, 0.25) is 0 Å². The summed E-state index contributed by atoms with van der Waals surface area (Å²) in [5, 5.41) is 13.3. The Morgan fingerprint density at radius 1 is 1.56 bits per heavy atom. The second-order valence-corrected chi connectivity index (χ2v) is 5.19. The highest BCUT2D eigenvalue weighted by Gasteiger charge is 2.33. The van der Waals surface area contributed by atoms with E-state index in [1.807, 2.05) is 11.6 Å². The summed E-state index contributed by atoms with van der Waals surface area (Å²) in [6.45, 7) is 6.88. The first-order chi connectivity index (χ1) is 8.56. The lowest BCUT2D eigenvalue weighted by Gasteiger charge is -2.26. The summed E-state index contributed by atoms with van der Waals surface area (Å²) in [5.41, 5.74) is 7.81. The van der Waals surface area contributed by atoms with Gasteiger partial charge in [0.2, 0.25) is 0 Å². The van der Waals surface area contributed by atoms with Crippen molar-refractivity contribution in [3.8, 4) is 6.07 Å². The predicted octanol–water partition coefficient (Wildman–Crippen LogP) is 2.24. The lowest BCUT2D eigenvalue weighted by molar-refractivity contribution is 0.521. The molecule has 1 aromatic heterocycles. The molecule has 0 spiro atoms. The molecule has 0 aliphatic heterocycles. The molecule has 0 unspecified atom stereocenters. The average Bonchev–Trinajstić information content (AvgIpc) is 3.10. The quantitative estimate of drug-likeness (QED) is 0.866. The third kappa shape index (κ3) is 2.28. The molecule has 5 nitrogen and oxygen atoms in total. The Kier molecular flexibility index (Phi) is 3.46. The molecule has 0 radical (unpaired) electrons. The van der Waals surface area contributed by atoms with E-state index in [1.165, 1.54) is 12.8 Å². The van der Waals surface area contributed by atoms with E-state index in [-0.39, 0.29) is 6.04 Å². The lowest BCUT2D eigenvalue weighted by atomic mass is 10.3. The standard InChI is InChI=1S/C13H21N5/c1-9(2)18-13(12(15)10(3)16-18)17(8-4-7-14)11-5-6-11/h9,11H,4-6,8,15H2,1-3H3. The number of hydrogen-bond acceptors (Lipinski definition) is 4. The molecular weight excluding hydrogens is 226 g/mol. The van der Waals surface area contributed by atoms with Crippen molar-refractivity contribution in [2.24, 2.45) is 0 Å². The molecule has 98 valence electrons. The molecule has 1 heterocycles. The van der Waals surface area contributed by atoms with Crippen LogP contribution in [0.15, 0.2) is 0 Å². The van der Waals surface area contributed by atoms with Crippen LogP contribution in [0.4, 0.5) is 11.5 Å². The van der Waals surface area contributed by atoms with Gasteiger partial charge in [0.25, 0.3) is 0 Å². The van der Waals surface area contributed by atoms with Crippen molar-refractivity contribution >= 4 is 11.5 Å². The number of nitrogens with zero attached hydrogens (tertiary/aromatic N) is 4. The molecule has 0 saturated heterocycles. The minimum absolute atomic E-state index is 0.277. The normalized spacial score (nSPS) is 14.8. The predicted molar refractivity (Wildman–Crippen MR) is 72.4 cm³/mol. The molecule has 2 rings (SSSR count). The van der Waals surface area contributed by atoms with Crippen LogP contribution in [0.5, 0.6) is 0 Å². The summed E-state index contributed by atoms with van der Waals surface area (Å²) in [6, 6.07) is 3.03. The van der Waals surface area contributed by atoms with E-state index in [9.17, 15) is 0 Å². The number of nitrogens with two attached hydrogens (primary N) is 1. The molecule has 0 amide bonds. The van der Waals surface area contributed by atoms with E-state index in [0.717, 1.165) is 23.7 Å². The van der Waals surface area contributed by atoms with Crippen molar-refractivity contribution in [2.45, 2.75) is 52.1 Å². The summed E-state index contributed by atoms with van der Waals surface area (Å²) < 4.78 is 1.99. The highest BCUT2D eigenvalue weighted by Crippen LogP contribution is 2.37. The van der Waals surface area contributed by atoms with Crippen LogP contribution in [0.1, 0.15) is 44.8 Å². The molecule has 5 heteroatoms. The summed E-state index contributed by atoms with van der Waals surface area (Å²) in [4.78, 5) is 2.26. The fourth-order valence-corrected chi connectivity index (χ4v) is 2.21. The summed E-state index contributed by atoms with van der Waals surface area (Å²) in [7, 11) is 0. The maximum atomic E-state index is 8.79. The van der Waals surface area contributed by atoms with Crippen molar-refractivity contribution < 1.29 is 0 Å². The Balaban J connectivity index is 2.36. The molecule has 0 bridgehead atoms. The van der Waals surface area contributed by atoms with Gasteiger partial charge in [-0.25, -0.2) is 4.68 Å². The lowest BCUT2D eigenvalue weighted by Crippen LogP contribution is -2.30. The molecule has 0 atom stereocenters. The number of hydrogen-bond donors (Lipinski definition) is 1. The van der Waals surface area contributed by atoms with Crippen LogP contribution in [0.3, 0.4) is 0 Å². The van der Waals surface area contributed by atoms with Crippen LogP contribution in [0, 0.1) is 18.3 Å². The number of aromatic nitrogens is 2. The van der Waals surface area contributed by atoms with Gasteiger partial charge in [-0.1, -0.05) is 0 Å². The number of nitrogen functional groups attached to an aromatic ring is 1. The zero-order valence-electron chi connectivity index (χ0n) is 11.3. The van der Waals surface area contributed by atoms with Crippen molar-refractivity contribution in [1.29, 1.82) is 5.26 Å². The summed E-state index contributed by atoms with van der Waals surface area (Å²) in [6.07, 6.45) is 2.90. The Bertz CT molecular complexity index is 464. The third-order valence-electron chi connectivity index (χ3n) is 3.32. The summed E-state index contributed by atoms with van der Waals surface area (Å²) in [5.74, 6) is 1.00. The van der Waals surface area contributed by atoms with Gasteiger partial charge in [-0.3, -0.25) is 0 Å². The maximum Gasteiger partial charge on any atom is 0.151 e. The minimum atomic E-state index is 0.277. The monoisotopic (exact) mass is 247 g/mol. The van der Waals surface area contributed by atoms with Crippen molar-refractivity contribution in [3.05, 3.63) is 5.69 Å². The second-order valence-electron chi connectivity index (χ2n) is 5.19. The molecule has 1 aliphatic rings. The van der Waals surface area contributed by atoms with Crippen LogP contribution in [-0.2, 0) is 0 Å². The zero-order valence-corrected chi connectivity index (χ0v) is 11.3. The average molecular weight is 247 g/mol. The van der Waals surface area contributed by atoms with Crippen LogP contribution in [-0.4, -0.2) is 22.4 Å². The van der Waals surface area contributed by atoms with Gasteiger partial charge < -0.3 is 10.6 Å².